The van der Waals surface area contributed by atoms with E-state index in [1.54, 1.807) is 30.3 Å². The van der Waals surface area contributed by atoms with Crippen LogP contribution in [0.1, 0.15) is 9.67 Å². The monoisotopic (exact) mass is 360 g/mol. The first kappa shape index (κ1) is 15.1. The van der Waals surface area contributed by atoms with Gasteiger partial charge in [0, 0.05) is 10.1 Å². The molecular weight excluding hydrogens is 351 g/mol. The number of thiophene rings is 1. The lowest BCUT2D eigenvalue weighted by atomic mass is 10.2. The van der Waals surface area contributed by atoms with Crippen molar-refractivity contribution in [1.29, 1.82) is 0 Å². The van der Waals surface area contributed by atoms with E-state index in [2.05, 4.69) is 5.32 Å². The quantitative estimate of drug-likeness (QED) is 0.703. The van der Waals surface area contributed by atoms with Gasteiger partial charge in [0.2, 0.25) is 5.91 Å². The van der Waals surface area contributed by atoms with Crippen molar-refractivity contribution < 1.29 is 14.0 Å². The van der Waals surface area contributed by atoms with Crippen molar-refractivity contribution >= 4 is 56.2 Å². The molecule has 1 aliphatic rings. The molecule has 0 unspecified atom stereocenters. The van der Waals surface area contributed by atoms with E-state index in [9.17, 15) is 14.0 Å². The molecular formula is C17H10ClFN2O2S. The van der Waals surface area contributed by atoms with Gasteiger partial charge in [-0.05, 0) is 30.3 Å². The van der Waals surface area contributed by atoms with Crippen LogP contribution >= 0.6 is 22.9 Å². The van der Waals surface area contributed by atoms with Crippen LogP contribution in [0, 0.1) is 5.82 Å². The van der Waals surface area contributed by atoms with Crippen molar-refractivity contribution in [3.05, 3.63) is 58.2 Å². The van der Waals surface area contributed by atoms with E-state index in [0.717, 1.165) is 11.3 Å². The molecule has 1 N–H and O–H groups in total. The number of benzene rings is 2. The molecule has 120 valence electrons. The van der Waals surface area contributed by atoms with Crippen LogP contribution in [-0.2, 0) is 4.79 Å². The Morgan fingerprint density at radius 2 is 2.04 bits per heavy atom. The molecule has 2 amide bonds. The number of hydrogen-bond acceptors (Lipinski definition) is 3. The topological polar surface area (TPSA) is 49.4 Å². The minimum Gasteiger partial charge on any atom is -0.323 e. The summed E-state index contributed by atoms with van der Waals surface area (Å²) in [6, 6.07) is 11.3. The van der Waals surface area contributed by atoms with Crippen LogP contribution in [0.15, 0.2) is 42.5 Å². The third kappa shape index (κ3) is 2.35. The molecule has 3 aromatic rings. The predicted octanol–water partition coefficient (Wildman–Crippen LogP) is 4.29. The maximum absolute atomic E-state index is 13.4. The zero-order valence-corrected chi connectivity index (χ0v) is 13.7. The molecule has 0 fully saturated rings. The first-order valence-corrected chi connectivity index (χ1v) is 8.32. The number of carbonyl (C=O) groups is 2. The van der Waals surface area contributed by atoms with Gasteiger partial charge in [0.15, 0.2) is 0 Å². The van der Waals surface area contributed by atoms with E-state index in [-0.39, 0.29) is 29.2 Å². The van der Waals surface area contributed by atoms with Gasteiger partial charge in [0.05, 0.1) is 16.4 Å². The summed E-state index contributed by atoms with van der Waals surface area (Å²) in [6.45, 7) is -0.0885. The molecule has 2 aromatic carbocycles. The number of nitrogens with zero attached hydrogens (tertiary/aromatic N) is 1. The van der Waals surface area contributed by atoms with Gasteiger partial charge in [-0.2, -0.15) is 0 Å². The molecule has 7 heteroatoms. The molecule has 24 heavy (non-hydrogen) atoms. The number of halogens is 2. The largest absolute Gasteiger partial charge is 0.323 e. The third-order valence-corrected chi connectivity index (χ3v) is 5.45. The number of nitrogens with one attached hydrogen (secondary N) is 1. The summed E-state index contributed by atoms with van der Waals surface area (Å²) in [6.07, 6.45) is 0. The Kier molecular flexibility index (Phi) is 3.51. The molecule has 0 atom stereocenters. The van der Waals surface area contributed by atoms with Gasteiger partial charge < -0.3 is 5.32 Å². The van der Waals surface area contributed by atoms with E-state index in [1.165, 1.54) is 17.0 Å². The van der Waals surface area contributed by atoms with Gasteiger partial charge in [-0.15, -0.1) is 11.3 Å². The molecule has 0 spiro atoms. The fraction of sp³-hybridized carbons (Fsp3) is 0.0588. The Bertz CT molecular complexity index is 1000. The van der Waals surface area contributed by atoms with Crippen LogP contribution in [0.25, 0.3) is 10.1 Å². The molecule has 4 nitrogen and oxygen atoms in total. The first-order chi connectivity index (χ1) is 11.5. The average molecular weight is 361 g/mol. The van der Waals surface area contributed by atoms with Gasteiger partial charge in [-0.3, -0.25) is 14.5 Å². The highest BCUT2D eigenvalue weighted by Gasteiger charge is 2.30. The van der Waals surface area contributed by atoms with Crippen LogP contribution in [0.3, 0.4) is 0 Å². The van der Waals surface area contributed by atoms with E-state index < -0.39 is 0 Å². The van der Waals surface area contributed by atoms with Crippen LogP contribution in [0.2, 0.25) is 5.02 Å². The van der Waals surface area contributed by atoms with Crippen LogP contribution in [-0.4, -0.2) is 18.4 Å². The van der Waals surface area contributed by atoms with Crippen molar-refractivity contribution in [2.75, 3.05) is 16.8 Å². The fourth-order valence-corrected chi connectivity index (χ4v) is 4.20. The Morgan fingerprint density at radius 3 is 2.88 bits per heavy atom. The Labute approximate surface area is 145 Å². The van der Waals surface area contributed by atoms with Crippen molar-refractivity contribution in [3.8, 4) is 0 Å². The smallest absolute Gasteiger partial charge is 0.270 e. The summed E-state index contributed by atoms with van der Waals surface area (Å²) >= 11 is 7.45. The molecule has 1 aromatic heterocycles. The highest BCUT2D eigenvalue weighted by molar-refractivity contribution is 7.21. The van der Waals surface area contributed by atoms with Crippen molar-refractivity contribution in [2.45, 2.75) is 0 Å². The molecule has 2 heterocycles. The molecule has 0 bridgehead atoms. The summed E-state index contributed by atoms with van der Waals surface area (Å²) < 4.78 is 14.0. The second kappa shape index (κ2) is 5.58. The third-order valence-electron chi connectivity index (χ3n) is 3.80. The second-order valence-electron chi connectivity index (χ2n) is 5.34. The van der Waals surface area contributed by atoms with Crippen LogP contribution < -0.4 is 10.2 Å². The number of carbonyl (C=O) groups excluding carboxylic acids is 2. The lowest BCUT2D eigenvalue weighted by Gasteiger charge is -2.28. The zero-order chi connectivity index (χ0) is 16.8. The average Bonchev–Trinajstić information content (AvgIpc) is 2.89. The molecule has 0 aliphatic carbocycles. The zero-order valence-electron chi connectivity index (χ0n) is 12.2. The van der Waals surface area contributed by atoms with E-state index in [0.29, 0.717) is 26.3 Å². The first-order valence-electron chi connectivity index (χ1n) is 7.13. The van der Waals surface area contributed by atoms with E-state index in [1.807, 2.05) is 0 Å². The lowest BCUT2D eigenvalue weighted by molar-refractivity contribution is -0.115. The maximum Gasteiger partial charge on any atom is 0.270 e. The minimum atomic E-state index is -0.387. The van der Waals surface area contributed by atoms with Crippen molar-refractivity contribution in [2.24, 2.45) is 0 Å². The van der Waals surface area contributed by atoms with Crippen molar-refractivity contribution in [3.63, 3.8) is 0 Å². The summed E-state index contributed by atoms with van der Waals surface area (Å²) in [5.41, 5.74) is 1.19. The highest BCUT2D eigenvalue weighted by Crippen LogP contribution is 2.38. The molecule has 0 radical (unpaired) electrons. The number of rotatable bonds is 1. The molecule has 0 saturated carbocycles. The Hall–Kier alpha value is -2.44. The SMILES string of the molecule is O=C1CN(C(=O)c2sc3cc(F)ccc3c2Cl)c2ccccc2N1. The maximum atomic E-state index is 13.4. The van der Waals surface area contributed by atoms with Gasteiger partial charge in [-0.1, -0.05) is 23.7 Å². The lowest BCUT2D eigenvalue weighted by Crippen LogP contribution is -2.41. The minimum absolute atomic E-state index is 0.0885. The predicted molar refractivity (Wildman–Crippen MR) is 93.5 cm³/mol. The summed E-state index contributed by atoms with van der Waals surface area (Å²) in [4.78, 5) is 26.5. The fourth-order valence-electron chi connectivity index (χ4n) is 2.71. The van der Waals surface area contributed by atoms with Gasteiger partial charge >= 0.3 is 0 Å². The van der Waals surface area contributed by atoms with Crippen LogP contribution in [0.5, 0.6) is 0 Å². The van der Waals surface area contributed by atoms with Gasteiger partial charge in [0.1, 0.15) is 17.2 Å². The summed E-state index contributed by atoms with van der Waals surface area (Å²) in [5.74, 6) is -1.03. The Morgan fingerprint density at radius 1 is 1.25 bits per heavy atom. The van der Waals surface area contributed by atoms with Gasteiger partial charge in [-0.25, -0.2) is 4.39 Å². The number of para-hydroxylation sites is 2. The standard InChI is InChI=1S/C17H10ClFN2O2S/c18-15-10-6-5-9(19)7-13(10)24-16(15)17(23)21-8-14(22)20-11-3-1-2-4-12(11)21/h1-7H,8H2,(H,20,22). The van der Waals surface area contributed by atoms with Crippen molar-refractivity contribution in [1.82, 2.24) is 0 Å². The number of amides is 2. The number of hydrogen-bond donors (Lipinski definition) is 1. The number of fused-ring (bicyclic) bond motifs is 2. The van der Waals surface area contributed by atoms with Gasteiger partial charge in [0.25, 0.3) is 5.91 Å². The Balaban J connectivity index is 1.82. The highest BCUT2D eigenvalue weighted by atomic mass is 35.5. The summed E-state index contributed by atoms with van der Waals surface area (Å²) in [5, 5.41) is 3.64. The normalized spacial score (nSPS) is 13.8. The number of anilines is 2. The summed E-state index contributed by atoms with van der Waals surface area (Å²) in [7, 11) is 0. The van der Waals surface area contributed by atoms with Crippen LogP contribution in [0.4, 0.5) is 15.8 Å². The van der Waals surface area contributed by atoms with E-state index in [4.69, 9.17) is 11.6 Å². The van der Waals surface area contributed by atoms with E-state index >= 15 is 0 Å². The molecule has 1 aliphatic heterocycles. The molecule has 4 rings (SSSR count). The molecule has 0 saturated heterocycles. The second-order valence-corrected chi connectivity index (χ2v) is 6.77.